The minimum Gasteiger partial charge on any atom is -0.379 e. The zero-order valence-electron chi connectivity index (χ0n) is 9.19. The first-order chi connectivity index (χ1) is 7.62. The number of anilines is 1. The number of pyridine rings is 1. The molecule has 0 saturated carbocycles. The van der Waals surface area contributed by atoms with Gasteiger partial charge in [-0.05, 0) is 25.0 Å². The van der Waals surface area contributed by atoms with Crippen molar-refractivity contribution < 1.29 is 9.53 Å². The number of aromatic nitrogens is 1. The second-order valence-electron chi connectivity index (χ2n) is 4.10. The third-order valence-corrected chi connectivity index (χ3v) is 2.77. The summed E-state index contributed by atoms with van der Waals surface area (Å²) in [5.74, 6) is -0.195. The fraction of sp³-hybridized carbons (Fsp3) is 0.455. The highest BCUT2D eigenvalue weighted by Crippen LogP contribution is 2.19. The van der Waals surface area contributed by atoms with E-state index < -0.39 is 5.54 Å². The molecule has 5 heteroatoms. The van der Waals surface area contributed by atoms with Crippen LogP contribution in [0, 0.1) is 6.92 Å². The zero-order chi connectivity index (χ0) is 11.6. The van der Waals surface area contributed by atoms with Gasteiger partial charge in [-0.2, -0.15) is 0 Å². The third-order valence-electron chi connectivity index (χ3n) is 2.77. The molecular weight excluding hydrogens is 206 g/mol. The second kappa shape index (κ2) is 4.19. The maximum absolute atomic E-state index is 12.0. The number of ether oxygens (including phenoxy) is 1. The Bertz CT molecular complexity index is 400. The van der Waals surface area contributed by atoms with E-state index >= 15 is 0 Å². The molecule has 2 rings (SSSR count). The first kappa shape index (κ1) is 11.0. The van der Waals surface area contributed by atoms with Crippen LogP contribution in [0.5, 0.6) is 0 Å². The summed E-state index contributed by atoms with van der Waals surface area (Å²) in [5.41, 5.74) is 6.72. The fourth-order valence-electron chi connectivity index (χ4n) is 1.62. The van der Waals surface area contributed by atoms with Crippen LogP contribution in [0.2, 0.25) is 0 Å². The average Bonchev–Trinajstić information content (AvgIpc) is 2.70. The number of hydrogen-bond acceptors (Lipinski definition) is 4. The van der Waals surface area contributed by atoms with Crippen molar-refractivity contribution in [2.75, 3.05) is 18.5 Å². The molecule has 0 radical (unpaired) electrons. The van der Waals surface area contributed by atoms with Crippen LogP contribution in [0.4, 0.5) is 5.69 Å². The smallest absolute Gasteiger partial charge is 0.246 e. The van der Waals surface area contributed by atoms with Gasteiger partial charge in [-0.15, -0.1) is 0 Å². The summed E-state index contributed by atoms with van der Waals surface area (Å²) in [6.45, 7) is 2.71. The lowest BCUT2D eigenvalue weighted by Gasteiger charge is -2.21. The average molecular weight is 221 g/mol. The molecule has 3 N–H and O–H groups in total. The number of nitrogens with one attached hydrogen (secondary N) is 1. The molecule has 86 valence electrons. The molecule has 16 heavy (non-hydrogen) atoms. The molecule has 1 aromatic rings. The molecule has 1 aliphatic rings. The van der Waals surface area contributed by atoms with Crippen LogP contribution >= 0.6 is 0 Å². The highest BCUT2D eigenvalue weighted by atomic mass is 16.5. The number of nitrogens with two attached hydrogens (primary N) is 1. The molecule has 0 bridgehead atoms. The van der Waals surface area contributed by atoms with Crippen molar-refractivity contribution in [3.8, 4) is 0 Å². The summed E-state index contributed by atoms with van der Waals surface area (Å²) >= 11 is 0. The Kier molecular flexibility index (Phi) is 2.89. The highest BCUT2D eigenvalue weighted by molar-refractivity contribution is 5.98. The first-order valence-corrected chi connectivity index (χ1v) is 5.20. The molecule has 1 saturated heterocycles. The van der Waals surface area contributed by atoms with E-state index in [9.17, 15) is 4.79 Å². The van der Waals surface area contributed by atoms with Crippen molar-refractivity contribution in [2.24, 2.45) is 5.73 Å². The normalized spacial score (nSPS) is 24.4. The maximum Gasteiger partial charge on any atom is 0.246 e. The van der Waals surface area contributed by atoms with E-state index in [2.05, 4.69) is 10.3 Å². The maximum atomic E-state index is 12.0. The van der Waals surface area contributed by atoms with Gasteiger partial charge in [0.05, 0.1) is 6.61 Å². The van der Waals surface area contributed by atoms with Gasteiger partial charge in [-0.25, -0.2) is 0 Å². The minimum absolute atomic E-state index is 0.195. The lowest BCUT2D eigenvalue weighted by atomic mass is 9.99. The van der Waals surface area contributed by atoms with E-state index in [0.29, 0.717) is 13.0 Å². The number of hydrogen-bond donors (Lipinski definition) is 2. The van der Waals surface area contributed by atoms with E-state index in [1.807, 2.05) is 6.92 Å². The number of aryl methyl sites for hydroxylation is 1. The van der Waals surface area contributed by atoms with Crippen LogP contribution < -0.4 is 11.1 Å². The van der Waals surface area contributed by atoms with Gasteiger partial charge in [0, 0.05) is 24.7 Å². The summed E-state index contributed by atoms with van der Waals surface area (Å²) in [6.07, 6.45) is 3.89. The van der Waals surface area contributed by atoms with Gasteiger partial charge in [0.2, 0.25) is 5.91 Å². The lowest BCUT2D eigenvalue weighted by Crippen LogP contribution is -2.51. The molecule has 0 spiro atoms. The van der Waals surface area contributed by atoms with Crippen molar-refractivity contribution in [3.63, 3.8) is 0 Å². The Hall–Kier alpha value is -1.46. The Balaban J connectivity index is 2.10. The number of nitrogens with zero attached hydrogens (tertiary/aromatic N) is 1. The molecule has 1 aliphatic heterocycles. The molecular formula is C11H15N3O2. The van der Waals surface area contributed by atoms with E-state index in [-0.39, 0.29) is 12.5 Å². The van der Waals surface area contributed by atoms with Crippen molar-refractivity contribution in [1.82, 2.24) is 4.98 Å². The van der Waals surface area contributed by atoms with Gasteiger partial charge in [0.25, 0.3) is 0 Å². The molecule has 0 aromatic carbocycles. The molecule has 1 atom stereocenters. The van der Waals surface area contributed by atoms with Crippen LogP contribution in [0.3, 0.4) is 0 Å². The molecule has 0 aliphatic carbocycles. The van der Waals surface area contributed by atoms with Gasteiger partial charge in [0.15, 0.2) is 0 Å². The second-order valence-corrected chi connectivity index (χ2v) is 4.10. The van der Waals surface area contributed by atoms with Crippen LogP contribution in [0.25, 0.3) is 0 Å². The van der Waals surface area contributed by atoms with Crippen LogP contribution in [0.1, 0.15) is 12.0 Å². The number of amides is 1. The van der Waals surface area contributed by atoms with Crippen molar-refractivity contribution in [1.29, 1.82) is 0 Å². The van der Waals surface area contributed by atoms with E-state index in [4.69, 9.17) is 10.5 Å². The summed E-state index contributed by atoms with van der Waals surface area (Å²) in [7, 11) is 0. The summed E-state index contributed by atoms with van der Waals surface area (Å²) in [4.78, 5) is 15.9. The molecule has 2 heterocycles. The quantitative estimate of drug-likeness (QED) is 0.760. The SMILES string of the molecule is Cc1cnccc1NC(=O)C1(N)CCOC1. The monoisotopic (exact) mass is 221 g/mol. The van der Waals surface area contributed by atoms with Crippen molar-refractivity contribution >= 4 is 11.6 Å². The Morgan fingerprint density at radius 1 is 1.69 bits per heavy atom. The molecule has 1 amide bonds. The van der Waals surface area contributed by atoms with Gasteiger partial charge in [0.1, 0.15) is 5.54 Å². The van der Waals surface area contributed by atoms with E-state index in [1.165, 1.54) is 0 Å². The Morgan fingerprint density at radius 2 is 2.50 bits per heavy atom. The van der Waals surface area contributed by atoms with Gasteiger partial charge in [-0.1, -0.05) is 0 Å². The molecule has 1 fully saturated rings. The standard InChI is InChI=1S/C11H15N3O2/c1-8-6-13-4-2-9(8)14-10(15)11(12)3-5-16-7-11/h2,4,6H,3,5,7,12H2,1H3,(H,13,14,15). The van der Waals surface area contributed by atoms with Crippen LogP contribution in [0.15, 0.2) is 18.5 Å². The number of rotatable bonds is 2. The zero-order valence-corrected chi connectivity index (χ0v) is 9.19. The molecule has 1 aromatic heterocycles. The van der Waals surface area contributed by atoms with Gasteiger partial charge < -0.3 is 15.8 Å². The number of carbonyl (C=O) groups excluding carboxylic acids is 1. The van der Waals surface area contributed by atoms with Crippen molar-refractivity contribution in [2.45, 2.75) is 18.9 Å². The Morgan fingerprint density at radius 3 is 3.12 bits per heavy atom. The molecule has 5 nitrogen and oxygen atoms in total. The Labute approximate surface area is 94.0 Å². The predicted octanol–water partition coefficient (Wildman–Crippen LogP) is 0.446. The largest absolute Gasteiger partial charge is 0.379 e. The van der Waals surface area contributed by atoms with E-state index in [1.54, 1.807) is 18.5 Å². The highest BCUT2D eigenvalue weighted by Gasteiger charge is 2.38. The van der Waals surface area contributed by atoms with Crippen LogP contribution in [-0.4, -0.2) is 29.6 Å². The predicted molar refractivity (Wildman–Crippen MR) is 60.0 cm³/mol. The third kappa shape index (κ3) is 2.05. The summed E-state index contributed by atoms with van der Waals surface area (Å²) in [6, 6.07) is 1.76. The summed E-state index contributed by atoms with van der Waals surface area (Å²) in [5, 5.41) is 2.81. The number of carbonyl (C=O) groups is 1. The van der Waals surface area contributed by atoms with Gasteiger partial charge >= 0.3 is 0 Å². The minimum atomic E-state index is -0.893. The topological polar surface area (TPSA) is 77.2 Å². The fourth-order valence-corrected chi connectivity index (χ4v) is 1.62. The lowest BCUT2D eigenvalue weighted by molar-refractivity contribution is -0.121. The van der Waals surface area contributed by atoms with Crippen molar-refractivity contribution in [3.05, 3.63) is 24.0 Å². The molecule has 1 unspecified atom stereocenters. The van der Waals surface area contributed by atoms with Crippen LogP contribution in [-0.2, 0) is 9.53 Å². The van der Waals surface area contributed by atoms with Gasteiger partial charge in [-0.3, -0.25) is 9.78 Å². The van der Waals surface area contributed by atoms with E-state index in [0.717, 1.165) is 11.3 Å². The summed E-state index contributed by atoms with van der Waals surface area (Å²) < 4.78 is 5.15. The first-order valence-electron chi connectivity index (χ1n) is 5.20.